The molecule has 0 aliphatic heterocycles. The molecular weight excluding hydrogens is 266 g/mol. The number of hydrogen-bond acceptors (Lipinski definition) is 3. The number of hydrogen-bond donors (Lipinski definition) is 1. The lowest BCUT2D eigenvalue weighted by molar-refractivity contribution is -0.385. The molecule has 4 nitrogen and oxygen atoms in total. The molecule has 104 valence electrons. The predicted octanol–water partition coefficient (Wildman–Crippen LogP) is 3.12. The van der Waals surface area contributed by atoms with Crippen molar-refractivity contribution in [1.82, 2.24) is 0 Å². The van der Waals surface area contributed by atoms with Crippen LogP contribution in [0.1, 0.15) is 17.2 Å². The number of benzene rings is 2. The van der Waals surface area contributed by atoms with E-state index in [1.54, 1.807) is 18.2 Å². The van der Waals surface area contributed by atoms with Crippen molar-refractivity contribution in [3.63, 3.8) is 0 Å². The van der Waals surface area contributed by atoms with Crippen LogP contribution in [0.15, 0.2) is 42.5 Å². The van der Waals surface area contributed by atoms with Crippen molar-refractivity contribution in [1.29, 1.82) is 0 Å². The minimum Gasteiger partial charge on any atom is -0.324 e. The van der Waals surface area contributed by atoms with Gasteiger partial charge in [0.1, 0.15) is 0 Å². The van der Waals surface area contributed by atoms with Crippen LogP contribution in [-0.2, 0) is 6.42 Å². The fraction of sp³-hybridized carbons (Fsp3) is 0.143. The van der Waals surface area contributed by atoms with Gasteiger partial charge in [-0.05, 0) is 24.1 Å². The smallest absolute Gasteiger partial charge is 0.272 e. The first-order valence-electron chi connectivity index (χ1n) is 5.92. The molecule has 6 heteroatoms. The van der Waals surface area contributed by atoms with Crippen molar-refractivity contribution < 1.29 is 13.7 Å². The van der Waals surface area contributed by atoms with Crippen molar-refractivity contribution >= 4 is 5.69 Å². The normalized spacial score (nSPS) is 12.2. The maximum absolute atomic E-state index is 13.1. The topological polar surface area (TPSA) is 69.2 Å². The van der Waals surface area contributed by atoms with Gasteiger partial charge in [-0.2, -0.15) is 0 Å². The lowest BCUT2D eigenvalue weighted by Gasteiger charge is -2.12. The molecule has 20 heavy (non-hydrogen) atoms. The summed E-state index contributed by atoms with van der Waals surface area (Å²) < 4.78 is 26.0. The highest BCUT2D eigenvalue weighted by Gasteiger charge is 2.17. The van der Waals surface area contributed by atoms with Gasteiger partial charge in [-0.15, -0.1) is 0 Å². The van der Waals surface area contributed by atoms with E-state index in [1.807, 2.05) is 0 Å². The van der Waals surface area contributed by atoms with E-state index in [0.717, 1.165) is 12.1 Å². The lowest BCUT2D eigenvalue weighted by Crippen LogP contribution is -2.14. The second kappa shape index (κ2) is 5.75. The molecule has 0 aromatic heterocycles. The van der Waals surface area contributed by atoms with Crippen LogP contribution in [0.2, 0.25) is 0 Å². The van der Waals surface area contributed by atoms with Gasteiger partial charge in [-0.25, -0.2) is 8.78 Å². The van der Waals surface area contributed by atoms with E-state index in [1.165, 1.54) is 12.1 Å². The van der Waals surface area contributed by atoms with Gasteiger partial charge in [0.15, 0.2) is 11.6 Å². The second-order valence-corrected chi connectivity index (χ2v) is 4.37. The van der Waals surface area contributed by atoms with Crippen molar-refractivity contribution in [2.24, 2.45) is 5.73 Å². The van der Waals surface area contributed by atoms with Gasteiger partial charge in [0.2, 0.25) is 0 Å². The molecule has 0 amide bonds. The summed E-state index contributed by atoms with van der Waals surface area (Å²) >= 11 is 0. The van der Waals surface area contributed by atoms with Crippen LogP contribution in [0.25, 0.3) is 0 Å². The Kier molecular flexibility index (Phi) is 4.05. The Morgan fingerprint density at radius 2 is 1.85 bits per heavy atom. The number of halogens is 2. The Morgan fingerprint density at radius 1 is 1.15 bits per heavy atom. The molecule has 2 N–H and O–H groups in total. The number of nitrogens with zero attached hydrogens (tertiary/aromatic N) is 1. The van der Waals surface area contributed by atoms with E-state index < -0.39 is 22.6 Å². The first-order chi connectivity index (χ1) is 9.49. The molecule has 0 aliphatic rings. The molecule has 0 bridgehead atoms. The maximum Gasteiger partial charge on any atom is 0.272 e. The molecule has 0 radical (unpaired) electrons. The largest absolute Gasteiger partial charge is 0.324 e. The predicted molar refractivity (Wildman–Crippen MR) is 70.1 cm³/mol. The van der Waals surface area contributed by atoms with Gasteiger partial charge < -0.3 is 5.73 Å². The van der Waals surface area contributed by atoms with Gasteiger partial charge >= 0.3 is 0 Å². The molecule has 0 saturated heterocycles. The Balaban J connectivity index is 2.25. The Bertz CT molecular complexity index is 647. The standard InChI is InChI=1S/C14H12F2N2O2/c15-11-6-5-9(7-12(11)16)13(17)8-10-3-1-2-4-14(10)18(19)20/h1-7,13H,8,17H2. The zero-order valence-electron chi connectivity index (χ0n) is 10.4. The van der Waals surface area contributed by atoms with E-state index in [2.05, 4.69) is 0 Å². The Hall–Kier alpha value is -2.34. The highest BCUT2D eigenvalue weighted by Crippen LogP contribution is 2.24. The Morgan fingerprint density at radius 3 is 2.50 bits per heavy atom. The van der Waals surface area contributed by atoms with Crippen LogP contribution < -0.4 is 5.73 Å². The van der Waals surface area contributed by atoms with Crippen LogP contribution in [0.3, 0.4) is 0 Å². The number of para-hydroxylation sites is 1. The molecule has 0 fully saturated rings. The number of nitrogens with two attached hydrogens (primary N) is 1. The summed E-state index contributed by atoms with van der Waals surface area (Å²) in [6.07, 6.45) is 0.169. The molecular formula is C14H12F2N2O2. The third-order valence-corrected chi connectivity index (χ3v) is 3.00. The molecule has 1 unspecified atom stereocenters. The molecule has 0 aliphatic carbocycles. The summed E-state index contributed by atoms with van der Waals surface area (Å²) in [5.74, 6) is -1.94. The van der Waals surface area contributed by atoms with E-state index in [9.17, 15) is 18.9 Å². The van der Waals surface area contributed by atoms with Crippen molar-refractivity contribution in [2.45, 2.75) is 12.5 Å². The fourth-order valence-electron chi connectivity index (χ4n) is 1.96. The third-order valence-electron chi connectivity index (χ3n) is 3.00. The van der Waals surface area contributed by atoms with E-state index in [4.69, 9.17) is 5.73 Å². The molecule has 2 aromatic carbocycles. The third kappa shape index (κ3) is 2.97. The zero-order valence-corrected chi connectivity index (χ0v) is 10.4. The Labute approximate surface area is 114 Å². The molecule has 0 spiro atoms. The van der Waals surface area contributed by atoms with Crippen LogP contribution in [0.4, 0.5) is 14.5 Å². The summed E-state index contributed by atoms with van der Waals surface area (Å²) in [5, 5.41) is 10.9. The molecule has 2 rings (SSSR count). The first kappa shape index (κ1) is 14.1. The molecule has 2 aromatic rings. The van der Waals surface area contributed by atoms with E-state index in [0.29, 0.717) is 11.1 Å². The van der Waals surface area contributed by atoms with Crippen LogP contribution in [0, 0.1) is 21.7 Å². The van der Waals surface area contributed by atoms with Gasteiger partial charge in [0.05, 0.1) is 4.92 Å². The second-order valence-electron chi connectivity index (χ2n) is 4.37. The first-order valence-corrected chi connectivity index (χ1v) is 5.92. The monoisotopic (exact) mass is 278 g/mol. The highest BCUT2D eigenvalue weighted by atomic mass is 19.2. The summed E-state index contributed by atoms with van der Waals surface area (Å²) in [5.41, 5.74) is 6.71. The van der Waals surface area contributed by atoms with Gasteiger partial charge in [0, 0.05) is 17.7 Å². The van der Waals surface area contributed by atoms with Crippen molar-refractivity contribution in [3.05, 3.63) is 75.3 Å². The van der Waals surface area contributed by atoms with E-state index in [-0.39, 0.29) is 12.1 Å². The lowest BCUT2D eigenvalue weighted by atomic mass is 9.98. The van der Waals surface area contributed by atoms with Crippen molar-refractivity contribution in [3.8, 4) is 0 Å². The molecule has 0 heterocycles. The highest BCUT2D eigenvalue weighted by molar-refractivity contribution is 5.41. The summed E-state index contributed by atoms with van der Waals surface area (Å²) in [7, 11) is 0. The zero-order chi connectivity index (χ0) is 14.7. The quantitative estimate of drug-likeness (QED) is 0.690. The van der Waals surface area contributed by atoms with Crippen LogP contribution >= 0.6 is 0 Å². The SMILES string of the molecule is NC(Cc1ccccc1[N+](=O)[O-])c1ccc(F)c(F)c1. The van der Waals surface area contributed by atoms with Gasteiger partial charge in [-0.1, -0.05) is 24.3 Å². The van der Waals surface area contributed by atoms with Crippen LogP contribution in [0.5, 0.6) is 0 Å². The van der Waals surface area contributed by atoms with Gasteiger partial charge in [0.25, 0.3) is 5.69 Å². The van der Waals surface area contributed by atoms with Crippen LogP contribution in [-0.4, -0.2) is 4.92 Å². The summed E-state index contributed by atoms with van der Waals surface area (Å²) in [6, 6.07) is 8.93. The fourth-order valence-corrected chi connectivity index (χ4v) is 1.96. The minimum absolute atomic E-state index is 0.0365. The van der Waals surface area contributed by atoms with Crippen molar-refractivity contribution in [2.75, 3.05) is 0 Å². The minimum atomic E-state index is -0.986. The van der Waals surface area contributed by atoms with E-state index >= 15 is 0 Å². The molecule has 0 saturated carbocycles. The van der Waals surface area contributed by atoms with Gasteiger partial charge in [-0.3, -0.25) is 10.1 Å². The molecule has 1 atom stereocenters. The maximum atomic E-state index is 13.1. The number of nitro groups is 1. The number of nitro benzene ring substituents is 1. The number of rotatable bonds is 4. The summed E-state index contributed by atoms with van der Waals surface area (Å²) in [4.78, 5) is 10.4. The average Bonchev–Trinajstić information content (AvgIpc) is 2.42. The average molecular weight is 278 g/mol. The summed E-state index contributed by atoms with van der Waals surface area (Å²) in [6.45, 7) is 0.